The zero-order valence-electron chi connectivity index (χ0n) is 21.4. The minimum absolute atomic E-state index is 0.0896. The average molecular weight is 555 g/mol. The lowest BCUT2D eigenvalue weighted by Gasteiger charge is -2.39. The second kappa shape index (κ2) is 11.4. The summed E-state index contributed by atoms with van der Waals surface area (Å²) in [5.74, 6) is 0.248. The minimum Gasteiger partial charge on any atom is -0.504 e. The average Bonchev–Trinajstić information content (AvgIpc) is 3.19. The van der Waals surface area contributed by atoms with E-state index in [1.807, 2.05) is 0 Å². The van der Waals surface area contributed by atoms with Crippen LogP contribution in [-0.2, 0) is 15.9 Å². The molecule has 2 fully saturated rings. The molecule has 0 amide bonds. The van der Waals surface area contributed by atoms with Crippen molar-refractivity contribution in [1.82, 2.24) is 0 Å². The van der Waals surface area contributed by atoms with E-state index in [2.05, 4.69) is 0 Å². The Morgan fingerprint density at radius 1 is 0.897 bits per heavy atom. The second-order valence-electron chi connectivity index (χ2n) is 9.71. The van der Waals surface area contributed by atoms with Crippen molar-refractivity contribution >= 4 is 0 Å². The van der Waals surface area contributed by atoms with Crippen LogP contribution in [0.4, 0.5) is 0 Å². The van der Waals surface area contributed by atoms with Gasteiger partial charge in [-0.05, 0) is 35.4 Å². The molecule has 216 valence electrons. The van der Waals surface area contributed by atoms with Crippen LogP contribution >= 0.6 is 0 Å². The Bertz CT molecular complexity index is 1140. The molecule has 0 bridgehead atoms. The zero-order valence-corrected chi connectivity index (χ0v) is 21.4. The summed E-state index contributed by atoms with van der Waals surface area (Å²) >= 11 is 0. The maximum absolute atomic E-state index is 11.5. The highest BCUT2D eigenvalue weighted by molar-refractivity contribution is 5.45. The van der Waals surface area contributed by atoms with Gasteiger partial charge in [0.2, 0.25) is 6.29 Å². The summed E-state index contributed by atoms with van der Waals surface area (Å²) in [5, 5.41) is 82.7. The van der Waals surface area contributed by atoms with Crippen molar-refractivity contribution in [2.75, 3.05) is 34.0 Å². The van der Waals surface area contributed by atoms with Gasteiger partial charge in [-0.1, -0.05) is 12.1 Å². The molecule has 0 spiro atoms. The molecule has 2 aromatic carbocycles. The minimum atomic E-state index is -2.13. The van der Waals surface area contributed by atoms with Crippen LogP contribution in [0.15, 0.2) is 36.4 Å². The first-order valence-electron chi connectivity index (χ1n) is 12.2. The first kappa shape index (κ1) is 29.3. The fraction of sp³-hybridized carbons (Fsp3) is 0.538. The van der Waals surface area contributed by atoms with Gasteiger partial charge in [0.05, 0.1) is 34.0 Å². The van der Waals surface area contributed by atoms with Gasteiger partial charge in [0, 0.05) is 6.42 Å². The molecule has 13 nitrogen and oxygen atoms in total. The van der Waals surface area contributed by atoms with Crippen LogP contribution in [0.5, 0.6) is 23.0 Å². The van der Waals surface area contributed by atoms with E-state index < -0.39 is 61.2 Å². The van der Waals surface area contributed by atoms with Crippen molar-refractivity contribution in [3.8, 4) is 23.0 Å². The lowest BCUT2D eigenvalue weighted by atomic mass is 9.76. The summed E-state index contributed by atoms with van der Waals surface area (Å²) in [7, 11) is 2.71. The number of methoxy groups -OCH3 is 2. The molecule has 8 atom stereocenters. The fourth-order valence-electron chi connectivity index (χ4n) is 4.94. The number of phenolic OH excluding ortho intramolecular Hbond substituents is 1. The molecule has 0 aliphatic carbocycles. The molecule has 0 aromatic heterocycles. The Morgan fingerprint density at radius 2 is 1.62 bits per heavy atom. The highest BCUT2D eigenvalue weighted by atomic mass is 16.7. The Balaban J connectivity index is 1.56. The molecule has 2 aromatic rings. The number of rotatable bonds is 9. The van der Waals surface area contributed by atoms with E-state index in [9.17, 15) is 40.9 Å². The Hall–Kier alpha value is -2.72. The Labute approximate surface area is 224 Å². The van der Waals surface area contributed by atoms with Crippen molar-refractivity contribution in [3.05, 3.63) is 47.5 Å². The summed E-state index contributed by atoms with van der Waals surface area (Å²) in [6.45, 7) is -1.79. The third-order valence-electron chi connectivity index (χ3n) is 7.29. The molecule has 13 heteroatoms. The maximum atomic E-state index is 11.5. The van der Waals surface area contributed by atoms with Crippen molar-refractivity contribution in [3.63, 3.8) is 0 Å². The van der Waals surface area contributed by atoms with Gasteiger partial charge >= 0.3 is 0 Å². The van der Waals surface area contributed by atoms with Gasteiger partial charge < -0.3 is 64.5 Å². The van der Waals surface area contributed by atoms with Crippen molar-refractivity contribution < 1.29 is 64.5 Å². The molecule has 0 unspecified atom stereocenters. The molecular formula is C26H34O13. The number of hydrogen-bond donors (Lipinski definition) is 8. The summed E-state index contributed by atoms with van der Waals surface area (Å²) in [4.78, 5) is 0. The molecule has 39 heavy (non-hydrogen) atoms. The lowest BCUT2D eigenvalue weighted by molar-refractivity contribution is -0.277. The summed E-state index contributed by atoms with van der Waals surface area (Å²) in [5.41, 5.74) is -3.23. The highest BCUT2D eigenvalue weighted by Gasteiger charge is 2.60. The molecule has 8 N–H and O–H groups in total. The van der Waals surface area contributed by atoms with E-state index in [1.54, 1.807) is 6.07 Å². The third kappa shape index (κ3) is 5.25. The van der Waals surface area contributed by atoms with Crippen LogP contribution in [0.2, 0.25) is 0 Å². The normalized spacial score (nSPS) is 34.6. The molecule has 2 heterocycles. The van der Waals surface area contributed by atoms with E-state index >= 15 is 0 Å². The lowest BCUT2D eigenvalue weighted by Crippen LogP contribution is -2.60. The van der Waals surface area contributed by atoms with Gasteiger partial charge in [0.1, 0.15) is 41.7 Å². The van der Waals surface area contributed by atoms with Crippen LogP contribution in [0.3, 0.4) is 0 Å². The van der Waals surface area contributed by atoms with Gasteiger partial charge in [-0.15, -0.1) is 0 Å². The van der Waals surface area contributed by atoms with E-state index in [4.69, 9.17) is 23.7 Å². The topological polar surface area (TPSA) is 208 Å². The van der Waals surface area contributed by atoms with Crippen molar-refractivity contribution in [1.29, 1.82) is 0 Å². The van der Waals surface area contributed by atoms with E-state index in [-0.39, 0.29) is 36.0 Å². The largest absolute Gasteiger partial charge is 0.504 e. The molecule has 4 rings (SSSR count). The number of aliphatic hydroxyl groups is 7. The van der Waals surface area contributed by atoms with Gasteiger partial charge in [-0.2, -0.15) is 0 Å². The quantitative estimate of drug-likeness (QED) is 0.175. The second-order valence-corrected chi connectivity index (χ2v) is 9.71. The molecule has 2 aliphatic heterocycles. The van der Waals surface area contributed by atoms with Gasteiger partial charge in [-0.25, -0.2) is 0 Å². The Kier molecular flexibility index (Phi) is 8.56. The Morgan fingerprint density at radius 3 is 2.26 bits per heavy atom. The monoisotopic (exact) mass is 554 g/mol. The standard InChI is InChI=1S/C26H34O13/c1-35-17-8-14(4-5-15(17)29)23-26(34,11-28)25(33,12-37-23)9-13-3-6-16(18(7-13)36-2)38-24-22(32)21(31)20(30)19(10-27)39-24/h3-8,19-24,27-34H,9-12H2,1-2H3/t19-,20-,21-,22+,23-,24-,25+,26-/m1/s1. The molecule has 0 saturated carbocycles. The smallest absolute Gasteiger partial charge is 0.229 e. The number of ether oxygens (including phenoxy) is 5. The molecule has 2 aliphatic rings. The van der Waals surface area contributed by atoms with E-state index in [0.717, 1.165) is 0 Å². The SMILES string of the molecule is COc1cc([C@H]2OC[C@@](O)(Cc3ccc(O[C@@H]4O[C@H](CO)[C@@H](O)[C@@H](O)[C@@H]4O)c(OC)c3)[C@@]2(O)CO)ccc1O. The van der Waals surface area contributed by atoms with E-state index in [0.29, 0.717) is 11.1 Å². The zero-order chi connectivity index (χ0) is 28.5. The fourth-order valence-corrected chi connectivity index (χ4v) is 4.94. The van der Waals surface area contributed by atoms with Crippen LogP contribution in [0, 0.1) is 0 Å². The predicted molar refractivity (Wildman–Crippen MR) is 131 cm³/mol. The molecule has 2 saturated heterocycles. The third-order valence-corrected chi connectivity index (χ3v) is 7.29. The van der Waals surface area contributed by atoms with Crippen LogP contribution in [0.25, 0.3) is 0 Å². The van der Waals surface area contributed by atoms with Crippen molar-refractivity contribution in [2.45, 2.75) is 54.4 Å². The highest BCUT2D eigenvalue weighted by Crippen LogP contribution is 2.47. The predicted octanol–water partition coefficient (Wildman–Crippen LogP) is -1.64. The summed E-state index contributed by atoms with van der Waals surface area (Å²) < 4.78 is 27.3. The maximum Gasteiger partial charge on any atom is 0.229 e. The van der Waals surface area contributed by atoms with Gasteiger partial charge in [-0.3, -0.25) is 0 Å². The van der Waals surface area contributed by atoms with Crippen molar-refractivity contribution in [2.24, 2.45) is 0 Å². The molecular weight excluding hydrogens is 520 g/mol. The van der Waals surface area contributed by atoms with Crippen LogP contribution in [0.1, 0.15) is 17.2 Å². The molecule has 0 radical (unpaired) electrons. The van der Waals surface area contributed by atoms with Gasteiger partial charge in [0.15, 0.2) is 23.0 Å². The number of aliphatic hydroxyl groups excluding tert-OH is 5. The number of hydrogen-bond acceptors (Lipinski definition) is 13. The number of aromatic hydroxyl groups is 1. The number of phenols is 1. The first-order valence-corrected chi connectivity index (χ1v) is 12.2. The summed E-state index contributed by atoms with van der Waals surface area (Å²) in [6.07, 6.45) is -8.70. The van der Waals surface area contributed by atoms with E-state index in [1.165, 1.54) is 44.6 Å². The number of benzene rings is 2. The summed E-state index contributed by atoms with van der Waals surface area (Å²) in [6, 6.07) is 8.80. The van der Waals surface area contributed by atoms with Gasteiger partial charge in [0.25, 0.3) is 0 Å². The van der Waals surface area contributed by atoms with Crippen LogP contribution in [-0.4, -0.2) is 117 Å². The van der Waals surface area contributed by atoms with Crippen LogP contribution < -0.4 is 14.2 Å². The first-order chi connectivity index (χ1) is 18.5.